The molecule has 1 aromatic rings. The van der Waals surface area contributed by atoms with E-state index >= 15 is 0 Å². The first-order chi connectivity index (χ1) is 8.27. The van der Waals surface area contributed by atoms with Crippen molar-refractivity contribution < 1.29 is 4.74 Å². The topological polar surface area (TPSA) is 37.4 Å². The van der Waals surface area contributed by atoms with Crippen LogP contribution >= 0.6 is 27.5 Å². The van der Waals surface area contributed by atoms with Crippen LogP contribution < -0.4 is 15.0 Å². The first-order valence-corrected chi connectivity index (χ1v) is 6.88. The molecule has 4 nitrogen and oxygen atoms in total. The van der Waals surface area contributed by atoms with Crippen LogP contribution in [0.15, 0.2) is 10.7 Å². The lowest BCUT2D eigenvalue weighted by molar-refractivity contribution is 0.303. The lowest BCUT2D eigenvalue weighted by Crippen LogP contribution is -2.51. The molecule has 6 heteroatoms. The Labute approximate surface area is 113 Å². The second kappa shape index (κ2) is 4.63. The number of hydrogen-bond donors (Lipinski definition) is 1. The molecule has 1 fully saturated rings. The monoisotopic (exact) mass is 317 g/mol. The van der Waals surface area contributed by atoms with Crippen LogP contribution in [0.2, 0.25) is 5.02 Å². The van der Waals surface area contributed by atoms with E-state index in [0.717, 1.165) is 36.3 Å². The van der Waals surface area contributed by atoms with Crippen molar-refractivity contribution >= 4 is 33.3 Å². The number of pyridine rings is 1. The summed E-state index contributed by atoms with van der Waals surface area (Å²) in [7, 11) is 0. The SMILES string of the molecule is Clc1c(Br)cnc2c1OCC[C@@H]1CNCCN21. The van der Waals surface area contributed by atoms with Gasteiger partial charge in [0.25, 0.3) is 0 Å². The molecule has 0 spiro atoms. The van der Waals surface area contributed by atoms with Crippen molar-refractivity contribution in [2.24, 2.45) is 0 Å². The number of nitrogens with one attached hydrogen (secondary N) is 1. The van der Waals surface area contributed by atoms with Crippen LogP contribution in [-0.4, -0.2) is 37.3 Å². The minimum atomic E-state index is 0.453. The highest BCUT2D eigenvalue weighted by atomic mass is 79.9. The molecular formula is C11H13BrClN3O. The van der Waals surface area contributed by atoms with Crippen molar-refractivity contribution in [3.8, 4) is 5.75 Å². The highest BCUT2D eigenvalue weighted by Gasteiger charge is 2.30. The second-order valence-electron chi connectivity index (χ2n) is 4.26. The number of anilines is 1. The molecule has 1 atom stereocenters. The lowest BCUT2D eigenvalue weighted by Gasteiger charge is -2.35. The van der Waals surface area contributed by atoms with Gasteiger partial charge in [0.2, 0.25) is 0 Å². The summed E-state index contributed by atoms with van der Waals surface area (Å²) in [6.07, 6.45) is 2.74. The molecule has 92 valence electrons. The minimum absolute atomic E-state index is 0.453. The average Bonchev–Trinajstić information content (AvgIpc) is 2.54. The van der Waals surface area contributed by atoms with Gasteiger partial charge in [0, 0.05) is 38.3 Å². The van der Waals surface area contributed by atoms with Crippen LogP contribution in [-0.2, 0) is 0 Å². The maximum atomic E-state index is 6.26. The Bertz CT molecular complexity index is 443. The van der Waals surface area contributed by atoms with E-state index < -0.39 is 0 Å². The molecule has 0 saturated carbocycles. The third kappa shape index (κ3) is 2.00. The van der Waals surface area contributed by atoms with E-state index in [1.54, 1.807) is 6.20 Å². The fourth-order valence-corrected chi connectivity index (χ4v) is 2.84. The largest absolute Gasteiger partial charge is 0.488 e. The van der Waals surface area contributed by atoms with Gasteiger partial charge in [0.15, 0.2) is 11.6 Å². The summed E-state index contributed by atoms with van der Waals surface area (Å²) in [6.45, 7) is 3.60. The van der Waals surface area contributed by atoms with Gasteiger partial charge < -0.3 is 15.0 Å². The lowest BCUT2D eigenvalue weighted by atomic mass is 10.1. The quantitative estimate of drug-likeness (QED) is 0.794. The molecule has 3 rings (SSSR count). The smallest absolute Gasteiger partial charge is 0.181 e. The average molecular weight is 319 g/mol. The first kappa shape index (κ1) is 11.6. The zero-order chi connectivity index (χ0) is 11.8. The summed E-state index contributed by atoms with van der Waals surface area (Å²) in [5.74, 6) is 1.59. The highest BCUT2D eigenvalue weighted by Crippen LogP contribution is 2.41. The van der Waals surface area contributed by atoms with Crippen molar-refractivity contribution in [1.82, 2.24) is 10.3 Å². The van der Waals surface area contributed by atoms with Gasteiger partial charge in [-0.1, -0.05) is 11.6 Å². The molecule has 0 aromatic carbocycles. The maximum absolute atomic E-state index is 6.26. The Morgan fingerprint density at radius 3 is 3.35 bits per heavy atom. The number of hydrogen-bond acceptors (Lipinski definition) is 4. The summed E-state index contributed by atoms with van der Waals surface area (Å²) in [5, 5.41) is 4.02. The molecule has 1 N–H and O–H groups in total. The third-order valence-electron chi connectivity index (χ3n) is 3.23. The van der Waals surface area contributed by atoms with Gasteiger partial charge in [-0.25, -0.2) is 4.98 Å². The number of ether oxygens (including phenoxy) is 1. The van der Waals surface area contributed by atoms with Gasteiger partial charge in [-0.15, -0.1) is 0 Å². The number of fused-ring (bicyclic) bond motifs is 3. The molecule has 0 radical (unpaired) electrons. The van der Waals surface area contributed by atoms with Crippen LogP contribution in [0.5, 0.6) is 5.75 Å². The van der Waals surface area contributed by atoms with Gasteiger partial charge in [-0.3, -0.25) is 0 Å². The van der Waals surface area contributed by atoms with E-state index in [0.29, 0.717) is 23.4 Å². The molecule has 2 aliphatic heterocycles. The Hall–Kier alpha value is -0.520. The van der Waals surface area contributed by atoms with Gasteiger partial charge >= 0.3 is 0 Å². The van der Waals surface area contributed by atoms with Gasteiger partial charge in [0.1, 0.15) is 5.02 Å². The fourth-order valence-electron chi connectivity index (χ4n) is 2.37. The van der Waals surface area contributed by atoms with E-state index in [2.05, 4.69) is 31.1 Å². The number of nitrogens with zero attached hydrogens (tertiary/aromatic N) is 2. The summed E-state index contributed by atoms with van der Waals surface area (Å²) < 4.78 is 6.54. The Balaban J connectivity index is 2.06. The molecule has 17 heavy (non-hydrogen) atoms. The summed E-state index contributed by atoms with van der Waals surface area (Å²) >= 11 is 9.64. The van der Waals surface area contributed by atoms with Crippen molar-refractivity contribution in [2.75, 3.05) is 31.1 Å². The van der Waals surface area contributed by atoms with Crippen molar-refractivity contribution in [3.63, 3.8) is 0 Å². The fraction of sp³-hybridized carbons (Fsp3) is 0.545. The van der Waals surface area contributed by atoms with Crippen LogP contribution in [0, 0.1) is 0 Å². The zero-order valence-electron chi connectivity index (χ0n) is 9.25. The molecule has 0 aliphatic carbocycles. The first-order valence-electron chi connectivity index (χ1n) is 5.71. The van der Waals surface area contributed by atoms with E-state index in [-0.39, 0.29) is 0 Å². The highest BCUT2D eigenvalue weighted by molar-refractivity contribution is 9.10. The zero-order valence-corrected chi connectivity index (χ0v) is 11.6. The Morgan fingerprint density at radius 2 is 2.47 bits per heavy atom. The normalized spacial score (nSPS) is 23.4. The van der Waals surface area contributed by atoms with E-state index in [9.17, 15) is 0 Å². The predicted octanol–water partition coefficient (Wildman–Crippen LogP) is 2.06. The maximum Gasteiger partial charge on any atom is 0.181 e. The number of rotatable bonds is 0. The molecule has 2 aliphatic rings. The predicted molar refractivity (Wildman–Crippen MR) is 71.1 cm³/mol. The molecule has 0 amide bonds. The van der Waals surface area contributed by atoms with Crippen molar-refractivity contribution in [3.05, 3.63) is 15.7 Å². The van der Waals surface area contributed by atoms with Gasteiger partial charge in [-0.2, -0.15) is 0 Å². The Morgan fingerprint density at radius 1 is 1.59 bits per heavy atom. The number of aromatic nitrogens is 1. The van der Waals surface area contributed by atoms with Gasteiger partial charge in [0.05, 0.1) is 11.1 Å². The molecule has 3 heterocycles. The molecule has 0 unspecified atom stereocenters. The second-order valence-corrected chi connectivity index (χ2v) is 5.49. The molecular weight excluding hydrogens is 305 g/mol. The summed E-state index contributed by atoms with van der Waals surface area (Å²) in [6, 6.07) is 0.453. The van der Waals surface area contributed by atoms with Crippen LogP contribution in [0.25, 0.3) is 0 Å². The van der Waals surface area contributed by atoms with Crippen molar-refractivity contribution in [2.45, 2.75) is 12.5 Å². The molecule has 1 saturated heterocycles. The van der Waals surface area contributed by atoms with Gasteiger partial charge in [-0.05, 0) is 15.9 Å². The van der Waals surface area contributed by atoms with E-state index in [4.69, 9.17) is 16.3 Å². The van der Waals surface area contributed by atoms with E-state index in [1.807, 2.05) is 0 Å². The van der Waals surface area contributed by atoms with Crippen molar-refractivity contribution in [1.29, 1.82) is 0 Å². The minimum Gasteiger partial charge on any atom is -0.488 e. The Kier molecular flexibility index (Phi) is 3.15. The van der Waals surface area contributed by atoms with E-state index in [1.165, 1.54) is 0 Å². The van der Waals surface area contributed by atoms with Crippen LogP contribution in [0.1, 0.15) is 6.42 Å². The molecule has 1 aromatic heterocycles. The third-order valence-corrected chi connectivity index (χ3v) is 4.44. The number of halogens is 2. The van der Waals surface area contributed by atoms with Crippen LogP contribution in [0.3, 0.4) is 0 Å². The van der Waals surface area contributed by atoms with Crippen LogP contribution in [0.4, 0.5) is 5.82 Å². The standard InChI is InChI=1S/C11H13BrClN3O/c12-8-6-15-11-10(9(8)13)17-4-1-7-5-14-2-3-16(7)11/h6-7,14H,1-5H2/t7-/m1/s1. The number of piperazine rings is 1. The summed E-state index contributed by atoms with van der Waals surface area (Å²) in [4.78, 5) is 6.77. The summed E-state index contributed by atoms with van der Waals surface area (Å²) in [5.41, 5.74) is 0. The molecule has 0 bridgehead atoms.